The van der Waals surface area contributed by atoms with Gasteiger partial charge in [-0.15, -0.1) is 12.4 Å². The van der Waals surface area contributed by atoms with Gasteiger partial charge in [0.05, 0.1) is 18.8 Å². The zero-order valence-electron chi connectivity index (χ0n) is 14.2. The van der Waals surface area contributed by atoms with E-state index in [0.29, 0.717) is 17.9 Å². The molecule has 0 radical (unpaired) electrons. The Labute approximate surface area is 161 Å². The van der Waals surface area contributed by atoms with E-state index < -0.39 is 5.60 Å². The molecule has 1 N–H and O–H groups in total. The lowest BCUT2D eigenvalue weighted by atomic mass is 9.84. The second kappa shape index (κ2) is 9.56. The molecule has 5 heteroatoms. The maximum Gasteiger partial charge on any atom is 0.0948 e. The molecule has 1 fully saturated rings. The number of aliphatic hydroxyl groups is 1. The Bertz CT molecular complexity index is 630. The van der Waals surface area contributed by atoms with Crippen LogP contribution in [-0.4, -0.2) is 42.9 Å². The first kappa shape index (κ1) is 20.2. The van der Waals surface area contributed by atoms with Gasteiger partial charge in [0.1, 0.15) is 0 Å². The lowest BCUT2D eigenvalue weighted by Gasteiger charge is -2.33. The number of rotatable bonds is 6. The molecular weight excluding hydrogens is 357 g/mol. The molecule has 2 aromatic carbocycles. The number of hydrogen-bond donors (Lipinski definition) is 1. The van der Waals surface area contributed by atoms with Crippen molar-refractivity contribution in [2.24, 2.45) is 0 Å². The van der Waals surface area contributed by atoms with E-state index in [4.69, 9.17) is 16.3 Å². The summed E-state index contributed by atoms with van der Waals surface area (Å²) >= 11 is 6.02. The molecule has 0 spiro atoms. The number of halogens is 2. The summed E-state index contributed by atoms with van der Waals surface area (Å²) < 4.78 is 5.41. The Balaban J connectivity index is 0.00000225. The normalized spacial score (nSPS) is 17.5. The van der Waals surface area contributed by atoms with Crippen LogP contribution >= 0.6 is 24.0 Å². The van der Waals surface area contributed by atoms with Crippen LogP contribution in [0.3, 0.4) is 0 Å². The third-order valence-corrected chi connectivity index (χ3v) is 4.92. The topological polar surface area (TPSA) is 32.7 Å². The quantitative estimate of drug-likeness (QED) is 0.822. The summed E-state index contributed by atoms with van der Waals surface area (Å²) in [6, 6.07) is 17.7. The molecule has 0 bridgehead atoms. The lowest BCUT2D eigenvalue weighted by Crippen LogP contribution is -2.40. The van der Waals surface area contributed by atoms with E-state index >= 15 is 0 Å². The highest BCUT2D eigenvalue weighted by Crippen LogP contribution is 2.31. The zero-order chi connectivity index (χ0) is 16.8. The minimum atomic E-state index is -0.899. The van der Waals surface area contributed by atoms with Crippen molar-refractivity contribution in [3.05, 3.63) is 70.7 Å². The predicted molar refractivity (Wildman–Crippen MR) is 105 cm³/mol. The highest BCUT2D eigenvalue weighted by atomic mass is 35.5. The van der Waals surface area contributed by atoms with E-state index in [-0.39, 0.29) is 12.4 Å². The number of nitrogens with zero attached hydrogens (tertiary/aromatic N) is 1. The highest BCUT2D eigenvalue weighted by molar-refractivity contribution is 6.30. The van der Waals surface area contributed by atoms with Gasteiger partial charge in [-0.1, -0.05) is 54.1 Å². The molecule has 1 aliphatic rings. The fourth-order valence-electron chi connectivity index (χ4n) is 3.20. The van der Waals surface area contributed by atoms with Crippen molar-refractivity contribution >= 4 is 24.0 Å². The maximum atomic E-state index is 11.5. The number of benzene rings is 2. The summed E-state index contributed by atoms with van der Waals surface area (Å²) in [4.78, 5) is 2.36. The Hall–Kier alpha value is -1.10. The molecule has 3 nitrogen and oxygen atoms in total. The highest BCUT2D eigenvalue weighted by Gasteiger charge is 2.30. The van der Waals surface area contributed by atoms with Crippen molar-refractivity contribution in [2.75, 3.05) is 32.8 Å². The fourth-order valence-corrected chi connectivity index (χ4v) is 3.32. The van der Waals surface area contributed by atoms with Crippen LogP contribution in [0.4, 0.5) is 0 Å². The maximum absolute atomic E-state index is 11.5. The third-order valence-electron chi connectivity index (χ3n) is 4.67. The van der Waals surface area contributed by atoms with Gasteiger partial charge < -0.3 is 9.84 Å². The standard InChI is InChI=1S/C20H24ClNO2.ClH/c21-19-8-6-18(7-9-19)20(23,16-17-4-2-1-3-5-17)10-11-22-12-14-24-15-13-22;/h1-9,23H,10-16H2;1H. The van der Waals surface area contributed by atoms with Crippen molar-refractivity contribution < 1.29 is 9.84 Å². The molecule has 136 valence electrons. The van der Waals surface area contributed by atoms with Crippen LogP contribution in [0.1, 0.15) is 17.5 Å². The van der Waals surface area contributed by atoms with Gasteiger partial charge in [-0.2, -0.15) is 0 Å². The summed E-state index contributed by atoms with van der Waals surface area (Å²) in [5.41, 5.74) is 1.16. The van der Waals surface area contributed by atoms with Crippen LogP contribution in [0.2, 0.25) is 5.02 Å². The summed E-state index contributed by atoms with van der Waals surface area (Å²) in [6.45, 7) is 4.27. The van der Waals surface area contributed by atoms with Gasteiger partial charge in [-0.3, -0.25) is 4.90 Å². The van der Waals surface area contributed by atoms with Gasteiger partial charge >= 0.3 is 0 Å². The van der Waals surface area contributed by atoms with Gasteiger partial charge in [0.25, 0.3) is 0 Å². The number of morpholine rings is 1. The number of ether oxygens (including phenoxy) is 1. The number of hydrogen-bond acceptors (Lipinski definition) is 3. The Morgan fingerprint density at radius 1 is 1.00 bits per heavy atom. The molecule has 3 rings (SSSR count). The molecule has 1 aliphatic heterocycles. The molecule has 25 heavy (non-hydrogen) atoms. The molecule has 2 aromatic rings. The van der Waals surface area contributed by atoms with Gasteiger partial charge in [-0.05, 0) is 29.7 Å². The lowest BCUT2D eigenvalue weighted by molar-refractivity contribution is -0.00451. The first-order valence-corrected chi connectivity index (χ1v) is 8.86. The zero-order valence-corrected chi connectivity index (χ0v) is 15.8. The molecule has 1 unspecified atom stereocenters. The van der Waals surface area contributed by atoms with Crippen LogP contribution in [0.25, 0.3) is 0 Å². The average Bonchev–Trinajstić information content (AvgIpc) is 2.62. The minimum Gasteiger partial charge on any atom is -0.385 e. The molecule has 1 heterocycles. The Kier molecular flexibility index (Phi) is 7.73. The summed E-state index contributed by atoms with van der Waals surface area (Å²) in [5.74, 6) is 0. The fraction of sp³-hybridized carbons (Fsp3) is 0.400. The van der Waals surface area contributed by atoms with Crippen LogP contribution in [-0.2, 0) is 16.8 Å². The largest absolute Gasteiger partial charge is 0.385 e. The molecule has 0 aromatic heterocycles. The van der Waals surface area contributed by atoms with E-state index in [1.54, 1.807) is 0 Å². The third kappa shape index (κ3) is 5.70. The summed E-state index contributed by atoms with van der Waals surface area (Å²) in [7, 11) is 0. The predicted octanol–water partition coefficient (Wildman–Crippen LogP) is 3.91. The van der Waals surface area contributed by atoms with Crippen LogP contribution < -0.4 is 0 Å². The average molecular weight is 382 g/mol. The van der Waals surface area contributed by atoms with Crippen LogP contribution in [0.15, 0.2) is 54.6 Å². The van der Waals surface area contributed by atoms with Crippen molar-refractivity contribution in [2.45, 2.75) is 18.4 Å². The van der Waals surface area contributed by atoms with Gasteiger partial charge in [-0.25, -0.2) is 0 Å². The second-order valence-electron chi connectivity index (χ2n) is 6.40. The molecule has 0 amide bonds. The van der Waals surface area contributed by atoms with Crippen LogP contribution in [0.5, 0.6) is 0 Å². The van der Waals surface area contributed by atoms with Crippen molar-refractivity contribution in [3.63, 3.8) is 0 Å². The van der Waals surface area contributed by atoms with Gasteiger partial charge in [0, 0.05) is 31.1 Å². The van der Waals surface area contributed by atoms with E-state index in [0.717, 1.165) is 44.0 Å². The second-order valence-corrected chi connectivity index (χ2v) is 6.84. The van der Waals surface area contributed by atoms with Crippen molar-refractivity contribution in [1.29, 1.82) is 0 Å². The van der Waals surface area contributed by atoms with Gasteiger partial charge in [0.15, 0.2) is 0 Å². The molecule has 1 saturated heterocycles. The first-order chi connectivity index (χ1) is 11.7. The summed E-state index contributed by atoms with van der Waals surface area (Å²) in [5, 5.41) is 12.1. The van der Waals surface area contributed by atoms with E-state index in [1.807, 2.05) is 42.5 Å². The van der Waals surface area contributed by atoms with Crippen LogP contribution in [0, 0.1) is 0 Å². The molecule has 0 saturated carbocycles. The summed E-state index contributed by atoms with van der Waals surface area (Å²) in [6.07, 6.45) is 1.28. The Morgan fingerprint density at radius 3 is 2.28 bits per heavy atom. The SMILES string of the molecule is Cl.OC(CCN1CCOCC1)(Cc1ccccc1)c1ccc(Cl)cc1. The monoisotopic (exact) mass is 381 g/mol. The van der Waals surface area contributed by atoms with E-state index in [2.05, 4.69) is 17.0 Å². The van der Waals surface area contributed by atoms with E-state index in [9.17, 15) is 5.11 Å². The first-order valence-electron chi connectivity index (χ1n) is 8.48. The minimum absolute atomic E-state index is 0. The molecule has 1 atom stereocenters. The molecule has 0 aliphatic carbocycles. The van der Waals surface area contributed by atoms with Crippen molar-refractivity contribution in [1.82, 2.24) is 4.90 Å². The van der Waals surface area contributed by atoms with Gasteiger partial charge in [0.2, 0.25) is 0 Å². The smallest absolute Gasteiger partial charge is 0.0948 e. The van der Waals surface area contributed by atoms with Crippen molar-refractivity contribution in [3.8, 4) is 0 Å². The Morgan fingerprint density at radius 2 is 1.64 bits per heavy atom. The van der Waals surface area contributed by atoms with E-state index in [1.165, 1.54) is 0 Å². The molecular formula is C20H25Cl2NO2.